The molecule has 0 N–H and O–H groups in total. The van der Waals surface area contributed by atoms with Crippen molar-refractivity contribution >= 4 is 16.2 Å². The third-order valence-electron chi connectivity index (χ3n) is 3.01. The van der Waals surface area contributed by atoms with E-state index in [1.54, 1.807) is 37.3 Å². The summed E-state index contributed by atoms with van der Waals surface area (Å²) in [6.07, 6.45) is 1.68. The molecule has 0 aliphatic heterocycles. The zero-order valence-electron chi connectivity index (χ0n) is 11.2. The van der Waals surface area contributed by atoms with E-state index < -0.39 is 10.1 Å². The molecule has 2 aromatic carbocycles. The predicted molar refractivity (Wildman–Crippen MR) is 79.7 cm³/mol. The van der Waals surface area contributed by atoms with Gasteiger partial charge in [0.15, 0.2) is 0 Å². The van der Waals surface area contributed by atoms with Crippen LogP contribution in [0.3, 0.4) is 0 Å². The Bertz CT molecular complexity index is 718. The first-order valence-electron chi connectivity index (χ1n) is 6.20. The van der Waals surface area contributed by atoms with Crippen LogP contribution in [-0.4, -0.2) is 8.42 Å². The Morgan fingerprint density at radius 1 is 1.10 bits per heavy atom. The van der Waals surface area contributed by atoms with Gasteiger partial charge in [0, 0.05) is 0 Å². The number of benzene rings is 2. The molecule has 2 aromatic rings. The van der Waals surface area contributed by atoms with Crippen molar-refractivity contribution in [2.45, 2.75) is 18.4 Å². The normalized spacial score (nSPS) is 11.2. The molecule has 0 unspecified atom stereocenters. The molecular formula is C16H16O3S. The minimum absolute atomic E-state index is 0.00113. The number of hydrogen-bond acceptors (Lipinski definition) is 3. The molecule has 0 bridgehead atoms. The van der Waals surface area contributed by atoms with E-state index in [4.69, 9.17) is 4.18 Å². The third-order valence-corrected chi connectivity index (χ3v) is 4.43. The van der Waals surface area contributed by atoms with Gasteiger partial charge >= 0.3 is 0 Å². The van der Waals surface area contributed by atoms with Crippen LogP contribution >= 0.6 is 0 Å². The highest BCUT2D eigenvalue weighted by Gasteiger charge is 2.17. The van der Waals surface area contributed by atoms with Gasteiger partial charge in [0.1, 0.15) is 0 Å². The average molecular weight is 288 g/mol. The van der Waals surface area contributed by atoms with Gasteiger partial charge in [-0.15, -0.1) is 0 Å². The van der Waals surface area contributed by atoms with Crippen molar-refractivity contribution in [2.24, 2.45) is 0 Å². The highest BCUT2D eigenvalue weighted by Crippen LogP contribution is 2.19. The van der Waals surface area contributed by atoms with E-state index in [1.165, 1.54) is 0 Å². The van der Waals surface area contributed by atoms with E-state index in [2.05, 4.69) is 6.58 Å². The van der Waals surface area contributed by atoms with Crippen LogP contribution in [0.15, 0.2) is 60.0 Å². The van der Waals surface area contributed by atoms with Gasteiger partial charge in [0.05, 0.1) is 11.5 Å². The predicted octanol–water partition coefficient (Wildman–Crippen LogP) is 3.54. The molecule has 0 saturated carbocycles. The first kappa shape index (κ1) is 14.5. The molecule has 0 heterocycles. The second-order valence-corrected chi connectivity index (χ2v) is 5.97. The summed E-state index contributed by atoms with van der Waals surface area (Å²) in [6.45, 7) is 5.45. The lowest BCUT2D eigenvalue weighted by Crippen LogP contribution is -2.08. The maximum Gasteiger partial charge on any atom is 0.297 e. The summed E-state index contributed by atoms with van der Waals surface area (Å²) >= 11 is 0. The van der Waals surface area contributed by atoms with Crippen molar-refractivity contribution in [1.29, 1.82) is 0 Å². The van der Waals surface area contributed by atoms with Gasteiger partial charge in [-0.25, -0.2) is 0 Å². The number of aryl methyl sites for hydroxylation is 1. The summed E-state index contributed by atoms with van der Waals surface area (Å²) in [5.74, 6) is 0. The fraction of sp³-hybridized carbons (Fsp3) is 0.125. The quantitative estimate of drug-likeness (QED) is 0.790. The number of rotatable bonds is 5. The van der Waals surface area contributed by atoms with Gasteiger partial charge in [-0.3, -0.25) is 4.18 Å². The van der Waals surface area contributed by atoms with Crippen LogP contribution in [0, 0.1) is 6.92 Å². The van der Waals surface area contributed by atoms with Crippen molar-refractivity contribution in [1.82, 2.24) is 0 Å². The lowest BCUT2D eigenvalue weighted by atomic mass is 10.1. The molecule has 0 saturated heterocycles. The maximum atomic E-state index is 12.2. The van der Waals surface area contributed by atoms with Gasteiger partial charge in [-0.1, -0.05) is 55.1 Å². The number of hydrogen-bond donors (Lipinski definition) is 0. The van der Waals surface area contributed by atoms with Crippen LogP contribution in [0.4, 0.5) is 0 Å². The zero-order valence-corrected chi connectivity index (χ0v) is 12.1. The van der Waals surface area contributed by atoms with E-state index in [-0.39, 0.29) is 11.5 Å². The van der Waals surface area contributed by atoms with Gasteiger partial charge in [0.25, 0.3) is 10.1 Å². The summed E-state index contributed by atoms with van der Waals surface area (Å²) < 4.78 is 29.5. The molecule has 104 valence electrons. The van der Waals surface area contributed by atoms with E-state index in [0.29, 0.717) is 5.56 Å². The van der Waals surface area contributed by atoms with Crippen molar-refractivity contribution in [3.8, 4) is 0 Å². The van der Waals surface area contributed by atoms with Crippen LogP contribution in [-0.2, 0) is 20.9 Å². The Balaban J connectivity index is 2.22. The minimum Gasteiger partial charge on any atom is -0.262 e. The fourth-order valence-corrected chi connectivity index (χ4v) is 3.02. The zero-order chi connectivity index (χ0) is 14.6. The van der Waals surface area contributed by atoms with E-state index in [9.17, 15) is 8.42 Å². The highest BCUT2D eigenvalue weighted by molar-refractivity contribution is 7.86. The molecule has 3 nitrogen and oxygen atoms in total. The smallest absolute Gasteiger partial charge is 0.262 e. The Hall–Kier alpha value is -1.91. The summed E-state index contributed by atoms with van der Waals surface area (Å²) in [4.78, 5) is 0.205. The van der Waals surface area contributed by atoms with Crippen molar-refractivity contribution in [2.75, 3.05) is 0 Å². The van der Waals surface area contributed by atoms with Crippen LogP contribution < -0.4 is 0 Å². The highest BCUT2D eigenvalue weighted by atomic mass is 32.2. The Kier molecular flexibility index (Phi) is 4.37. The lowest BCUT2D eigenvalue weighted by Gasteiger charge is -2.09. The van der Waals surface area contributed by atoms with Gasteiger partial charge in [-0.05, 0) is 29.7 Å². The topological polar surface area (TPSA) is 43.4 Å². The molecule has 0 aliphatic carbocycles. The standard InChI is InChI=1S/C16H16O3S/c1-3-14-9-5-6-10-15(14)12-19-20(17,18)16-11-7-4-8-13(16)2/h3-11H,1,12H2,2H3. The SMILES string of the molecule is C=Cc1ccccc1COS(=O)(=O)c1ccccc1C. The molecular weight excluding hydrogens is 272 g/mol. The monoisotopic (exact) mass is 288 g/mol. The summed E-state index contributed by atoms with van der Waals surface area (Å²) in [5, 5.41) is 0. The van der Waals surface area contributed by atoms with E-state index >= 15 is 0 Å². The summed E-state index contributed by atoms with van der Waals surface area (Å²) in [6, 6.07) is 14.2. The van der Waals surface area contributed by atoms with Crippen molar-refractivity contribution in [3.63, 3.8) is 0 Å². The Morgan fingerprint density at radius 3 is 2.45 bits per heavy atom. The van der Waals surface area contributed by atoms with Crippen molar-refractivity contribution in [3.05, 3.63) is 71.8 Å². The molecule has 0 spiro atoms. The van der Waals surface area contributed by atoms with E-state index in [0.717, 1.165) is 11.1 Å². The largest absolute Gasteiger partial charge is 0.297 e. The maximum absolute atomic E-state index is 12.2. The van der Waals surface area contributed by atoms with Crippen LogP contribution in [0.25, 0.3) is 6.08 Å². The van der Waals surface area contributed by atoms with Crippen LogP contribution in [0.2, 0.25) is 0 Å². The first-order valence-corrected chi connectivity index (χ1v) is 7.61. The van der Waals surface area contributed by atoms with Gasteiger partial charge in [0.2, 0.25) is 0 Å². The molecule has 2 rings (SSSR count). The average Bonchev–Trinajstić information content (AvgIpc) is 2.46. The molecule has 20 heavy (non-hydrogen) atoms. The second-order valence-electron chi connectivity index (χ2n) is 4.38. The molecule has 0 radical (unpaired) electrons. The Morgan fingerprint density at radius 2 is 1.75 bits per heavy atom. The molecule has 0 amide bonds. The molecule has 0 aliphatic rings. The molecule has 0 atom stereocenters. The second kappa shape index (κ2) is 6.03. The van der Waals surface area contributed by atoms with Crippen LogP contribution in [0.1, 0.15) is 16.7 Å². The molecule has 4 heteroatoms. The van der Waals surface area contributed by atoms with E-state index in [1.807, 2.05) is 24.3 Å². The minimum atomic E-state index is -3.75. The Labute approximate surface area is 119 Å². The van der Waals surface area contributed by atoms with Gasteiger partial charge in [-0.2, -0.15) is 8.42 Å². The molecule has 0 aromatic heterocycles. The fourth-order valence-electron chi connectivity index (χ4n) is 1.91. The molecule has 0 fully saturated rings. The van der Waals surface area contributed by atoms with Crippen LogP contribution in [0.5, 0.6) is 0 Å². The summed E-state index contributed by atoms with van der Waals surface area (Å²) in [5.41, 5.74) is 2.33. The van der Waals surface area contributed by atoms with Crippen molar-refractivity contribution < 1.29 is 12.6 Å². The third kappa shape index (κ3) is 3.15. The first-order chi connectivity index (χ1) is 9.54. The lowest BCUT2D eigenvalue weighted by molar-refractivity contribution is 0.307. The summed E-state index contributed by atoms with van der Waals surface area (Å²) in [7, 11) is -3.75. The van der Waals surface area contributed by atoms with Gasteiger partial charge < -0.3 is 0 Å².